The number of aromatic nitrogens is 3. The molecule has 0 spiro atoms. The highest BCUT2D eigenvalue weighted by molar-refractivity contribution is 5.87. The Morgan fingerprint density at radius 3 is 2.67 bits per heavy atom. The van der Waals surface area contributed by atoms with Crippen molar-refractivity contribution in [2.24, 2.45) is 0 Å². The Bertz CT molecular complexity index is 774. The molecule has 0 fully saturated rings. The lowest BCUT2D eigenvalue weighted by atomic mass is 10.1. The topological polar surface area (TPSA) is 42.7 Å². The number of hydrogen-bond acceptors (Lipinski definition) is 3. The van der Waals surface area contributed by atoms with Crippen molar-refractivity contribution < 1.29 is 0 Å². The quantitative estimate of drug-likeness (QED) is 0.798. The largest absolute Gasteiger partial charge is 0.311 e. The molecule has 0 atom stereocenters. The third-order valence-corrected chi connectivity index (χ3v) is 3.54. The Labute approximate surface area is 124 Å². The van der Waals surface area contributed by atoms with Crippen LogP contribution in [-0.2, 0) is 6.54 Å². The van der Waals surface area contributed by atoms with E-state index in [0.29, 0.717) is 0 Å². The number of benzene rings is 1. The van der Waals surface area contributed by atoms with Crippen LogP contribution in [0, 0.1) is 13.8 Å². The van der Waals surface area contributed by atoms with Crippen molar-refractivity contribution in [3.63, 3.8) is 0 Å². The second kappa shape index (κ2) is 5.66. The van der Waals surface area contributed by atoms with E-state index in [9.17, 15) is 0 Å². The van der Waals surface area contributed by atoms with Crippen molar-refractivity contribution >= 4 is 10.9 Å². The van der Waals surface area contributed by atoms with E-state index in [2.05, 4.69) is 48.5 Å². The van der Waals surface area contributed by atoms with Gasteiger partial charge in [-0.05, 0) is 38.6 Å². The van der Waals surface area contributed by atoms with E-state index in [1.54, 1.807) is 0 Å². The van der Waals surface area contributed by atoms with Crippen LogP contribution < -0.4 is 5.32 Å². The molecule has 3 aromatic rings. The number of nitrogens with zero attached hydrogens (tertiary/aromatic N) is 3. The predicted molar refractivity (Wildman–Crippen MR) is 85.7 cm³/mol. The number of pyridine rings is 1. The number of aryl methyl sites for hydroxylation is 2. The van der Waals surface area contributed by atoms with Crippen LogP contribution in [0.25, 0.3) is 16.6 Å². The molecule has 4 heteroatoms. The van der Waals surface area contributed by atoms with Crippen molar-refractivity contribution in [3.05, 3.63) is 53.5 Å². The number of hydrogen-bond donors (Lipinski definition) is 1. The lowest BCUT2D eigenvalue weighted by Crippen LogP contribution is -2.14. The molecule has 0 bridgehead atoms. The molecule has 1 aromatic carbocycles. The summed E-state index contributed by atoms with van der Waals surface area (Å²) in [6.07, 6.45) is 0. The molecule has 0 aliphatic rings. The smallest absolute Gasteiger partial charge is 0.0761 e. The molecule has 0 saturated heterocycles. The zero-order valence-corrected chi connectivity index (χ0v) is 12.7. The molecule has 21 heavy (non-hydrogen) atoms. The van der Waals surface area contributed by atoms with Gasteiger partial charge in [0.15, 0.2) is 0 Å². The zero-order chi connectivity index (χ0) is 14.8. The average molecular weight is 280 g/mol. The fraction of sp³-hybridized carbons (Fsp3) is 0.294. The molecule has 108 valence electrons. The number of para-hydroxylation sites is 1. The molecule has 2 heterocycles. The maximum absolute atomic E-state index is 4.73. The first-order valence-corrected chi connectivity index (χ1v) is 7.32. The minimum atomic E-state index is 0.771. The molecular formula is C17H20N4. The molecule has 0 amide bonds. The van der Waals surface area contributed by atoms with Crippen LogP contribution in [0.4, 0.5) is 0 Å². The summed E-state index contributed by atoms with van der Waals surface area (Å²) in [5.41, 5.74) is 5.31. The van der Waals surface area contributed by atoms with E-state index in [-0.39, 0.29) is 0 Å². The highest BCUT2D eigenvalue weighted by Crippen LogP contribution is 2.23. The molecule has 0 aliphatic heterocycles. The Hall–Kier alpha value is -2.20. The molecule has 3 rings (SSSR count). The summed E-state index contributed by atoms with van der Waals surface area (Å²) in [6, 6.07) is 12.5. The minimum absolute atomic E-state index is 0.771. The van der Waals surface area contributed by atoms with Crippen molar-refractivity contribution in [1.29, 1.82) is 0 Å². The lowest BCUT2D eigenvalue weighted by Gasteiger charge is -2.11. The van der Waals surface area contributed by atoms with Crippen molar-refractivity contribution in [3.8, 4) is 5.69 Å². The zero-order valence-electron chi connectivity index (χ0n) is 12.7. The number of fused-ring (bicyclic) bond motifs is 1. The van der Waals surface area contributed by atoms with Gasteiger partial charge < -0.3 is 5.32 Å². The van der Waals surface area contributed by atoms with Gasteiger partial charge >= 0.3 is 0 Å². The van der Waals surface area contributed by atoms with Gasteiger partial charge in [-0.1, -0.05) is 25.1 Å². The Kier molecular flexibility index (Phi) is 3.71. The van der Waals surface area contributed by atoms with Gasteiger partial charge in [-0.25, -0.2) is 4.68 Å². The highest BCUT2D eigenvalue weighted by Gasteiger charge is 2.10. The summed E-state index contributed by atoms with van der Waals surface area (Å²) in [6.45, 7) is 7.91. The van der Waals surface area contributed by atoms with Gasteiger partial charge in [0.1, 0.15) is 0 Å². The first kappa shape index (κ1) is 13.8. The van der Waals surface area contributed by atoms with Gasteiger partial charge in [0.2, 0.25) is 0 Å². The van der Waals surface area contributed by atoms with E-state index >= 15 is 0 Å². The lowest BCUT2D eigenvalue weighted by molar-refractivity contribution is 0.711. The molecule has 4 nitrogen and oxygen atoms in total. The van der Waals surface area contributed by atoms with Gasteiger partial charge in [-0.2, -0.15) is 5.10 Å². The Morgan fingerprint density at radius 2 is 1.95 bits per heavy atom. The summed E-state index contributed by atoms with van der Waals surface area (Å²) in [5, 5.41) is 9.08. The van der Waals surface area contributed by atoms with Crippen molar-refractivity contribution in [2.45, 2.75) is 27.3 Å². The SMILES string of the molecule is CCNCc1cc(-n2nc(C)cc2C)c2ccccc2n1. The first-order valence-electron chi connectivity index (χ1n) is 7.32. The maximum atomic E-state index is 4.73. The second-order valence-corrected chi connectivity index (χ2v) is 5.27. The van der Waals surface area contributed by atoms with Gasteiger partial charge in [0, 0.05) is 17.6 Å². The molecular weight excluding hydrogens is 260 g/mol. The molecule has 0 unspecified atom stereocenters. The van der Waals surface area contributed by atoms with Crippen LogP contribution in [0.1, 0.15) is 24.0 Å². The molecule has 0 saturated carbocycles. The number of nitrogens with one attached hydrogen (secondary N) is 1. The van der Waals surface area contributed by atoms with Crippen LogP contribution >= 0.6 is 0 Å². The van der Waals surface area contributed by atoms with Gasteiger partial charge in [0.25, 0.3) is 0 Å². The summed E-state index contributed by atoms with van der Waals surface area (Å²) in [5.74, 6) is 0. The van der Waals surface area contributed by atoms with E-state index in [1.807, 2.05) is 23.7 Å². The van der Waals surface area contributed by atoms with Crippen LogP contribution in [0.15, 0.2) is 36.4 Å². The summed E-state index contributed by atoms with van der Waals surface area (Å²) < 4.78 is 2.01. The third-order valence-electron chi connectivity index (χ3n) is 3.54. The Balaban J connectivity index is 2.21. The van der Waals surface area contributed by atoms with Crippen LogP contribution in [0.2, 0.25) is 0 Å². The van der Waals surface area contributed by atoms with Gasteiger partial charge in [0.05, 0.1) is 22.6 Å². The van der Waals surface area contributed by atoms with Gasteiger partial charge in [-0.3, -0.25) is 4.98 Å². The Morgan fingerprint density at radius 1 is 1.14 bits per heavy atom. The van der Waals surface area contributed by atoms with Crippen LogP contribution in [0.5, 0.6) is 0 Å². The fourth-order valence-electron chi connectivity index (χ4n) is 2.60. The molecule has 1 N–H and O–H groups in total. The van der Waals surface area contributed by atoms with Crippen LogP contribution in [-0.4, -0.2) is 21.3 Å². The van der Waals surface area contributed by atoms with Gasteiger partial charge in [-0.15, -0.1) is 0 Å². The predicted octanol–water partition coefficient (Wildman–Crippen LogP) is 3.15. The maximum Gasteiger partial charge on any atom is 0.0761 e. The van der Waals surface area contributed by atoms with E-state index < -0.39 is 0 Å². The second-order valence-electron chi connectivity index (χ2n) is 5.27. The monoisotopic (exact) mass is 280 g/mol. The molecule has 0 radical (unpaired) electrons. The third kappa shape index (κ3) is 2.67. The van der Waals surface area contributed by atoms with Crippen molar-refractivity contribution in [1.82, 2.24) is 20.1 Å². The van der Waals surface area contributed by atoms with E-state index in [0.717, 1.165) is 46.8 Å². The van der Waals surface area contributed by atoms with E-state index in [4.69, 9.17) is 4.98 Å². The highest BCUT2D eigenvalue weighted by atomic mass is 15.3. The fourth-order valence-corrected chi connectivity index (χ4v) is 2.60. The average Bonchev–Trinajstić information content (AvgIpc) is 2.82. The molecule has 2 aromatic heterocycles. The standard InChI is InChI=1S/C17H20N4/c1-4-18-11-14-10-17(21-13(3)9-12(2)20-21)15-7-5-6-8-16(15)19-14/h5-10,18H,4,11H2,1-3H3. The normalized spacial score (nSPS) is 11.2. The minimum Gasteiger partial charge on any atom is -0.311 e. The summed E-state index contributed by atoms with van der Waals surface area (Å²) in [4.78, 5) is 4.73. The summed E-state index contributed by atoms with van der Waals surface area (Å²) >= 11 is 0. The van der Waals surface area contributed by atoms with Crippen LogP contribution in [0.3, 0.4) is 0 Å². The van der Waals surface area contributed by atoms with Crippen molar-refractivity contribution in [2.75, 3.05) is 6.54 Å². The summed E-state index contributed by atoms with van der Waals surface area (Å²) in [7, 11) is 0. The molecule has 0 aliphatic carbocycles. The van der Waals surface area contributed by atoms with E-state index in [1.165, 1.54) is 0 Å². The first-order chi connectivity index (χ1) is 10.2. The number of rotatable bonds is 4.